The van der Waals surface area contributed by atoms with Crippen LogP contribution in [0.3, 0.4) is 0 Å². The number of thioether (sulfide) groups is 1. The van der Waals surface area contributed by atoms with Gasteiger partial charge in [-0.1, -0.05) is 30.8 Å². The van der Waals surface area contributed by atoms with Crippen molar-refractivity contribution in [1.29, 1.82) is 0 Å². The molecule has 9 heteroatoms. The van der Waals surface area contributed by atoms with E-state index < -0.39 is 5.82 Å². The van der Waals surface area contributed by atoms with Crippen molar-refractivity contribution in [2.45, 2.75) is 31.2 Å². The third kappa shape index (κ3) is 4.05. The number of rotatable bonds is 6. The Bertz CT molecular complexity index is 879. The fraction of sp³-hybridized carbons (Fsp3) is 0.250. The van der Waals surface area contributed by atoms with Crippen LogP contribution in [-0.2, 0) is 17.0 Å². The van der Waals surface area contributed by atoms with Gasteiger partial charge in [0.25, 0.3) is 0 Å². The van der Waals surface area contributed by atoms with Gasteiger partial charge in [0.05, 0.1) is 11.4 Å². The molecule has 2 heterocycles. The van der Waals surface area contributed by atoms with Crippen molar-refractivity contribution in [3.63, 3.8) is 0 Å². The molecule has 1 N–H and O–H groups in total. The Kier molecular flexibility index (Phi) is 5.44. The summed E-state index contributed by atoms with van der Waals surface area (Å²) in [6, 6.07) is 6.16. The molecule has 0 aliphatic heterocycles. The van der Waals surface area contributed by atoms with E-state index in [2.05, 4.69) is 20.2 Å². The molecule has 3 rings (SSSR count). The number of hydrogen-bond acceptors (Lipinski definition) is 6. The summed E-state index contributed by atoms with van der Waals surface area (Å²) < 4.78 is 14.1. The highest BCUT2D eigenvalue weighted by Crippen LogP contribution is 2.32. The first-order valence-corrected chi connectivity index (χ1v) is 9.48. The average molecular weight is 377 g/mol. The molecule has 0 unspecified atom stereocenters. The number of amides is 1. The van der Waals surface area contributed by atoms with E-state index in [9.17, 15) is 9.18 Å². The highest BCUT2D eigenvalue weighted by molar-refractivity contribution is 7.98. The summed E-state index contributed by atoms with van der Waals surface area (Å²) in [6.45, 7) is 3.39. The van der Waals surface area contributed by atoms with E-state index in [4.69, 9.17) is 0 Å². The maximum Gasteiger partial charge on any atom is 0.230 e. The molecule has 130 valence electrons. The summed E-state index contributed by atoms with van der Waals surface area (Å²) in [6.07, 6.45) is 0.796. The van der Waals surface area contributed by atoms with Crippen molar-refractivity contribution in [1.82, 2.24) is 20.2 Å². The second-order valence-electron chi connectivity index (χ2n) is 5.13. The number of aryl methyl sites for hydroxylation is 1. The summed E-state index contributed by atoms with van der Waals surface area (Å²) in [5, 5.41) is 9.94. The van der Waals surface area contributed by atoms with E-state index in [0.29, 0.717) is 16.0 Å². The Morgan fingerprint density at radius 1 is 1.36 bits per heavy atom. The number of para-hydroxylation sites is 1. The quantitative estimate of drug-likeness (QED) is 0.659. The van der Waals surface area contributed by atoms with E-state index in [1.165, 1.54) is 41.0 Å². The number of anilines is 2. The second kappa shape index (κ2) is 7.75. The first kappa shape index (κ1) is 17.6. The van der Waals surface area contributed by atoms with Crippen LogP contribution in [0.25, 0.3) is 0 Å². The molecule has 0 atom stereocenters. The normalized spacial score (nSPS) is 10.8. The van der Waals surface area contributed by atoms with Gasteiger partial charge in [-0.2, -0.15) is 0 Å². The number of benzene rings is 1. The predicted octanol–water partition coefficient (Wildman–Crippen LogP) is 3.94. The number of thiazole rings is 1. The van der Waals surface area contributed by atoms with Crippen LogP contribution < -0.4 is 4.90 Å². The zero-order valence-electron chi connectivity index (χ0n) is 13.7. The number of nitrogens with zero attached hydrogens (tertiary/aromatic N) is 4. The number of nitrogens with one attached hydrogen (secondary N) is 1. The molecular weight excluding hydrogens is 361 g/mol. The molecule has 0 fully saturated rings. The van der Waals surface area contributed by atoms with Gasteiger partial charge in [-0.3, -0.25) is 14.8 Å². The van der Waals surface area contributed by atoms with Crippen molar-refractivity contribution in [3.8, 4) is 0 Å². The average Bonchev–Trinajstić information content (AvgIpc) is 3.24. The number of H-pyrrole nitrogens is 1. The SMILES string of the molecule is CCc1nc(SCc2csc(N(C(C)=O)c3ccccc3F)n2)n[nH]1. The molecular formula is C16H16FN5OS2. The first-order chi connectivity index (χ1) is 12.1. The predicted molar refractivity (Wildman–Crippen MR) is 96.7 cm³/mol. The number of carbonyl (C=O) groups excluding carboxylic acids is 1. The van der Waals surface area contributed by atoms with E-state index in [1.54, 1.807) is 18.2 Å². The molecule has 0 aliphatic rings. The number of hydrogen-bond donors (Lipinski definition) is 1. The molecule has 25 heavy (non-hydrogen) atoms. The van der Waals surface area contributed by atoms with Crippen LogP contribution >= 0.6 is 23.1 Å². The molecule has 0 radical (unpaired) electrons. The minimum atomic E-state index is -0.461. The van der Waals surface area contributed by atoms with Crippen LogP contribution in [0.1, 0.15) is 25.4 Å². The summed E-state index contributed by atoms with van der Waals surface area (Å²) in [4.78, 5) is 22.1. The van der Waals surface area contributed by atoms with Crippen LogP contribution in [0.4, 0.5) is 15.2 Å². The Labute approximate surface area is 152 Å². The van der Waals surface area contributed by atoms with Gasteiger partial charge in [0.15, 0.2) is 5.13 Å². The second-order valence-corrected chi connectivity index (χ2v) is 6.91. The van der Waals surface area contributed by atoms with Gasteiger partial charge in [0.1, 0.15) is 11.6 Å². The Hall–Kier alpha value is -2.26. The van der Waals surface area contributed by atoms with Gasteiger partial charge in [-0.05, 0) is 12.1 Å². The van der Waals surface area contributed by atoms with Gasteiger partial charge in [0.2, 0.25) is 11.1 Å². The Morgan fingerprint density at radius 2 is 2.16 bits per heavy atom. The lowest BCUT2D eigenvalue weighted by Crippen LogP contribution is -2.23. The van der Waals surface area contributed by atoms with Gasteiger partial charge in [-0.25, -0.2) is 14.4 Å². The summed E-state index contributed by atoms with van der Waals surface area (Å²) in [7, 11) is 0. The molecule has 0 aliphatic carbocycles. The number of halogens is 1. The molecule has 0 bridgehead atoms. The molecule has 2 aromatic heterocycles. The van der Waals surface area contributed by atoms with Crippen LogP contribution in [0.5, 0.6) is 0 Å². The molecule has 0 spiro atoms. The summed E-state index contributed by atoms with van der Waals surface area (Å²) >= 11 is 2.76. The first-order valence-electron chi connectivity index (χ1n) is 7.62. The van der Waals surface area contributed by atoms with Crippen LogP contribution in [0.15, 0.2) is 34.8 Å². The van der Waals surface area contributed by atoms with Gasteiger partial charge < -0.3 is 0 Å². The zero-order valence-corrected chi connectivity index (χ0v) is 15.3. The lowest BCUT2D eigenvalue weighted by atomic mass is 10.3. The minimum absolute atomic E-state index is 0.199. The lowest BCUT2D eigenvalue weighted by molar-refractivity contribution is -0.115. The van der Waals surface area contributed by atoms with E-state index in [0.717, 1.165) is 17.9 Å². The number of aromatic amines is 1. The largest absolute Gasteiger partial charge is 0.274 e. The van der Waals surface area contributed by atoms with Gasteiger partial charge in [-0.15, -0.1) is 16.4 Å². The van der Waals surface area contributed by atoms with Crippen molar-refractivity contribution >= 4 is 39.8 Å². The Balaban J connectivity index is 1.76. The molecule has 1 aromatic carbocycles. The van der Waals surface area contributed by atoms with Crippen molar-refractivity contribution < 1.29 is 9.18 Å². The standard InChI is InChI=1S/C16H16FN5OS2/c1-3-14-19-15(21-20-14)24-8-11-9-25-16(18-11)22(10(2)23)13-7-5-4-6-12(13)17/h4-7,9H,3,8H2,1-2H3,(H,19,20,21). The fourth-order valence-corrected chi connectivity index (χ4v) is 3.84. The van der Waals surface area contributed by atoms with E-state index >= 15 is 0 Å². The maximum atomic E-state index is 14.1. The van der Waals surface area contributed by atoms with Crippen LogP contribution in [0, 0.1) is 5.82 Å². The minimum Gasteiger partial charge on any atom is -0.274 e. The molecule has 0 saturated heterocycles. The molecule has 6 nitrogen and oxygen atoms in total. The van der Waals surface area contributed by atoms with Gasteiger partial charge in [0, 0.05) is 24.5 Å². The van der Waals surface area contributed by atoms with Crippen molar-refractivity contribution in [3.05, 3.63) is 47.0 Å². The summed E-state index contributed by atoms with van der Waals surface area (Å²) in [5.74, 6) is 0.654. The highest BCUT2D eigenvalue weighted by atomic mass is 32.2. The van der Waals surface area contributed by atoms with Crippen LogP contribution in [-0.4, -0.2) is 26.1 Å². The Morgan fingerprint density at radius 3 is 2.84 bits per heavy atom. The molecule has 1 amide bonds. The maximum absolute atomic E-state index is 14.1. The van der Waals surface area contributed by atoms with Gasteiger partial charge >= 0.3 is 0 Å². The molecule has 0 saturated carbocycles. The summed E-state index contributed by atoms with van der Waals surface area (Å²) in [5.41, 5.74) is 0.987. The number of carbonyl (C=O) groups is 1. The van der Waals surface area contributed by atoms with Crippen LogP contribution in [0.2, 0.25) is 0 Å². The van der Waals surface area contributed by atoms with E-state index in [-0.39, 0.29) is 11.6 Å². The topological polar surface area (TPSA) is 74.8 Å². The van der Waals surface area contributed by atoms with E-state index in [1.807, 2.05) is 12.3 Å². The molecule has 3 aromatic rings. The smallest absolute Gasteiger partial charge is 0.230 e. The number of aromatic nitrogens is 4. The zero-order chi connectivity index (χ0) is 17.8. The lowest BCUT2D eigenvalue weighted by Gasteiger charge is -2.18. The third-order valence-electron chi connectivity index (χ3n) is 3.33. The highest BCUT2D eigenvalue weighted by Gasteiger charge is 2.21. The van der Waals surface area contributed by atoms with Crippen molar-refractivity contribution in [2.75, 3.05) is 4.90 Å². The monoisotopic (exact) mass is 377 g/mol. The fourth-order valence-electron chi connectivity index (χ4n) is 2.14. The third-order valence-corrected chi connectivity index (χ3v) is 5.09. The van der Waals surface area contributed by atoms with Crippen molar-refractivity contribution in [2.24, 2.45) is 0 Å².